The molecule has 0 fully saturated rings. The molecule has 0 spiro atoms. The van der Waals surface area contributed by atoms with Crippen molar-refractivity contribution in [2.24, 2.45) is 11.1 Å². The van der Waals surface area contributed by atoms with Crippen LogP contribution < -0.4 is 5.32 Å². The number of aryl methyl sites for hydroxylation is 1. The van der Waals surface area contributed by atoms with E-state index in [4.69, 9.17) is 4.84 Å². The van der Waals surface area contributed by atoms with Crippen LogP contribution in [0, 0.1) is 18.7 Å². The van der Waals surface area contributed by atoms with Gasteiger partial charge in [-0.2, -0.15) is 0 Å². The molecule has 0 bridgehead atoms. The minimum Gasteiger partial charge on any atom is -0.389 e. The topological polar surface area (TPSA) is 50.7 Å². The Bertz CT molecular complexity index is 965. The fourth-order valence-corrected chi connectivity index (χ4v) is 3.30. The van der Waals surface area contributed by atoms with Gasteiger partial charge in [0.15, 0.2) is 0 Å². The summed E-state index contributed by atoms with van der Waals surface area (Å²) in [7, 11) is 0. The summed E-state index contributed by atoms with van der Waals surface area (Å²) in [5, 5.41) is 7.21. The van der Waals surface area contributed by atoms with Crippen LogP contribution in [0.4, 0.5) is 4.39 Å². The number of halogens is 1. The van der Waals surface area contributed by atoms with Gasteiger partial charge in [-0.15, -0.1) is 0 Å². The highest BCUT2D eigenvalue weighted by molar-refractivity contribution is 6.05. The van der Waals surface area contributed by atoms with Crippen LogP contribution in [0.2, 0.25) is 0 Å². The summed E-state index contributed by atoms with van der Waals surface area (Å²) >= 11 is 0. The van der Waals surface area contributed by atoms with Crippen molar-refractivity contribution < 1.29 is 14.0 Å². The summed E-state index contributed by atoms with van der Waals surface area (Å²) in [4.78, 5) is 18.4. The highest BCUT2D eigenvalue weighted by Gasteiger charge is 2.38. The molecule has 0 aliphatic carbocycles. The third-order valence-corrected chi connectivity index (χ3v) is 5.49. The highest BCUT2D eigenvalue weighted by atomic mass is 19.1. The average Bonchev–Trinajstić information content (AvgIpc) is 3.04. The normalized spacial score (nSPS) is 18.7. The molecule has 1 atom stereocenters. The predicted octanol–water partition coefficient (Wildman–Crippen LogP) is 5.48. The summed E-state index contributed by atoms with van der Waals surface area (Å²) in [6.07, 6.45) is 0.635. The molecular weight excluding hydrogens is 367 g/mol. The smallest absolute Gasteiger partial charge is 0.251 e. The molecule has 0 saturated heterocycles. The lowest BCUT2D eigenvalue weighted by molar-refractivity contribution is -0.0384. The minimum absolute atomic E-state index is 0.00195. The van der Waals surface area contributed by atoms with Gasteiger partial charge in [-0.1, -0.05) is 31.1 Å². The number of benzene rings is 2. The SMILES string of the molecule is Cc1ccc(-c2cc(C(=O)NC(C)C)cc(C3=NOC(C)(C(C)C)C3)c2)c(F)c1. The van der Waals surface area contributed by atoms with E-state index < -0.39 is 0 Å². The fraction of sp³-hybridized carbons (Fsp3) is 0.417. The van der Waals surface area contributed by atoms with E-state index in [1.165, 1.54) is 6.07 Å². The van der Waals surface area contributed by atoms with E-state index >= 15 is 0 Å². The number of hydrogen-bond donors (Lipinski definition) is 1. The van der Waals surface area contributed by atoms with Gasteiger partial charge < -0.3 is 10.2 Å². The molecule has 3 rings (SSSR count). The van der Waals surface area contributed by atoms with Crippen LogP contribution in [0.3, 0.4) is 0 Å². The Morgan fingerprint density at radius 3 is 2.41 bits per heavy atom. The maximum atomic E-state index is 14.7. The Balaban J connectivity index is 2.08. The van der Waals surface area contributed by atoms with Crippen LogP contribution in [-0.4, -0.2) is 23.3 Å². The minimum atomic E-state index is -0.388. The largest absolute Gasteiger partial charge is 0.389 e. The first-order chi connectivity index (χ1) is 13.6. The zero-order chi connectivity index (χ0) is 21.3. The molecule has 1 unspecified atom stereocenters. The Labute approximate surface area is 172 Å². The van der Waals surface area contributed by atoms with Crippen LogP contribution in [0.25, 0.3) is 11.1 Å². The molecule has 4 nitrogen and oxygen atoms in total. The number of nitrogens with one attached hydrogen (secondary N) is 1. The molecule has 0 aromatic heterocycles. The van der Waals surface area contributed by atoms with Crippen molar-refractivity contribution >= 4 is 11.6 Å². The lowest BCUT2D eigenvalue weighted by Crippen LogP contribution is -2.31. The molecule has 0 saturated carbocycles. The lowest BCUT2D eigenvalue weighted by atomic mass is 9.85. The van der Waals surface area contributed by atoms with E-state index in [-0.39, 0.29) is 29.3 Å². The summed E-state index contributed by atoms with van der Waals surface area (Å²) in [6, 6.07) is 10.5. The van der Waals surface area contributed by atoms with E-state index in [1.54, 1.807) is 12.1 Å². The van der Waals surface area contributed by atoms with Crippen molar-refractivity contribution in [2.45, 2.75) is 59.6 Å². The monoisotopic (exact) mass is 396 g/mol. The van der Waals surface area contributed by atoms with Crippen molar-refractivity contribution in [3.05, 3.63) is 58.9 Å². The van der Waals surface area contributed by atoms with Gasteiger partial charge in [-0.25, -0.2) is 4.39 Å². The lowest BCUT2D eigenvalue weighted by Gasteiger charge is -2.25. The second kappa shape index (κ2) is 7.97. The quantitative estimate of drug-likeness (QED) is 0.728. The Hall–Kier alpha value is -2.69. The zero-order valence-electron chi connectivity index (χ0n) is 18.0. The van der Waals surface area contributed by atoms with Crippen molar-refractivity contribution in [3.8, 4) is 11.1 Å². The number of hydrogen-bond acceptors (Lipinski definition) is 3. The van der Waals surface area contributed by atoms with Crippen LogP contribution in [0.5, 0.6) is 0 Å². The summed E-state index contributed by atoms with van der Waals surface area (Å²) in [5.74, 6) is -0.221. The first-order valence-electron chi connectivity index (χ1n) is 10.1. The van der Waals surface area contributed by atoms with Gasteiger partial charge in [0.1, 0.15) is 11.4 Å². The van der Waals surface area contributed by atoms with E-state index in [0.717, 1.165) is 16.8 Å². The Morgan fingerprint density at radius 1 is 1.14 bits per heavy atom. The van der Waals surface area contributed by atoms with Crippen LogP contribution in [0.1, 0.15) is 62.5 Å². The van der Waals surface area contributed by atoms with Crippen molar-refractivity contribution in [2.75, 3.05) is 0 Å². The zero-order valence-corrected chi connectivity index (χ0v) is 18.0. The second-order valence-electron chi connectivity index (χ2n) is 8.68. The molecule has 1 amide bonds. The molecule has 1 heterocycles. The van der Waals surface area contributed by atoms with Gasteiger partial charge in [0.05, 0.1) is 5.71 Å². The molecular formula is C24H29FN2O2. The van der Waals surface area contributed by atoms with E-state index in [9.17, 15) is 9.18 Å². The second-order valence-corrected chi connectivity index (χ2v) is 8.68. The number of oxime groups is 1. The third-order valence-electron chi connectivity index (χ3n) is 5.49. The summed E-state index contributed by atoms with van der Waals surface area (Å²) in [6.45, 7) is 11.9. The molecule has 5 heteroatoms. The number of amides is 1. The molecule has 2 aromatic carbocycles. The standard InChI is InChI=1S/C24H29FN2O2/c1-14(2)24(6)13-22(27-29-24)18-10-17(20-8-7-16(5)9-21(20)25)11-19(12-18)23(28)26-15(3)4/h7-12,14-15H,13H2,1-6H3,(H,26,28). The molecule has 1 aliphatic heterocycles. The van der Waals surface area contributed by atoms with Gasteiger partial charge in [0.2, 0.25) is 0 Å². The molecule has 29 heavy (non-hydrogen) atoms. The van der Waals surface area contributed by atoms with Crippen molar-refractivity contribution in [1.82, 2.24) is 5.32 Å². The van der Waals surface area contributed by atoms with Gasteiger partial charge in [0, 0.05) is 29.2 Å². The predicted molar refractivity (Wildman–Crippen MR) is 115 cm³/mol. The molecule has 154 valence electrons. The summed E-state index contributed by atoms with van der Waals surface area (Å²) in [5.41, 5.74) is 3.60. The van der Waals surface area contributed by atoms with E-state index in [1.807, 2.05) is 45.9 Å². The fourth-order valence-electron chi connectivity index (χ4n) is 3.30. The maximum Gasteiger partial charge on any atom is 0.251 e. The molecule has 1 N–H and O–H groups in total. The first-order valence-corrected chi connectivity index (χ1v) is 10.1. The number of nitrogens with zero attached hydrogens (tertiary/aromatic N) is 1. The molecule has 2 aromatic rings. The molecule has 1 aliphatic rings. The van der Waals surface area contributed by atoms with E-state index in [2.05, 4.69) is 24.3 Å². The maximum absolute atomic E-state index is 14.7. The van der Waals surface area contributed by atoms with Crippen molar-refractivity contribution in [3.63, 3.8) is 0 Å². The van der Waals surface area contributed by atoms with Crippen molar-refractivity contribution in [1.29, 1.82) is 0 Å². The summed E-state index contributed by atoms with van der Waals surface area (Å²) < 4.78 is 14.7. The highest BCUT2D eigenvalue weighted by Crippen LogP contribution is 2.34. The van der Waals surface area contributed by atoms with Crippen LogP contribution >= 0.6 is 0 Å². The van der Waals surface area contributed by atoms with Crippen LogP contribution in [-0.2, 0) is 4.84 Å². The number of carbonyl (C=O) groups excluding carboxylic acids is 1. The number of rotatable bonds is 5. The Kier molecular flexibility index (Phi) is 5.78. The van der Waals surface area contributed by atoms with Gasteiger partial charge in [-0.3, -0.25) is 4.79 Å². The number of carbonyl (C=O) groups is 1. The third kappa shape index (κ3) is 4.50. The van der Waals surface area contributed by atoms with Gasteiger partial charge in [0.25, 0.3) is 5.91 Å². The first kappa shape index (κ1) is 21.0. The molecule has 0 radical (unpaired) electrons. The van der Waals surface area contributed by atoms with Gasteiger partial charge in [-0.05, 0) is 69.0 Å². The Morgan fingerprint density at radius 2 is 1.83 bits per heavy atom. The average molecular weight is 397 g/mol. The van der Waals surface area contributed by atoms with Crippen LogP contribution in [0.15, 0.2) is 41.6 Å². The van der Waals surface area contributed by atoms with Gasteiger partial charge >= 0.3 is 0 Å². The van der Waals surface area contributed by atoms with E-state index in [0.29, 0.717) is 23.1 Å².